The van der Waals surface area contributed by atoms with Gasteiger partial charge in [0.2, 0.25) is 0 Å². The van der Waals surface area contributed by atoms with Crippen LogP contribution in [0.4, 0.5) is 0 Å². The summed E-state index contributed by atoms with van der Waals surface area (Å²) in [5, 5.41) is 0. The molecule has 2 aromatic carbocycles. The van der Waals surface area contributed by atoms with E-state index in [4.69, 9.17) is 0 Å². The predicted molar refractivity (Wildman–Crippen MR) is 154 cm³/mol. The zero-order valence-corrected chi connectivity index (χ0v) is 24.2. The Balaban J connectivity index is 0.000000160. The molecule has 195 valence electrons. The van der Waals surface area contributed by atoms with Crippen LogP contribution in [-0.2, 0) is 20.1 Å². The zero-order chi connectivity index (χ0) is 26.4. The molecule has 1 radical (unpaired) electrons. The number of pyridine rings is 4. The van der Waals surface area contributed by atoms with E-state index in [1.807, 2.05) is 97.1 Å². The molecule has 0 unspecified atom stereocenters. The summed E-state index contributed by atoms with van der Waals surface area (Å²) in [4.78, 5) is 16.9. The molecule has 0 aliphatic rings. The van der Waals surface area contributed by atoms with Gasteiger partial charge in [0.1, 0.15) is 0 Å². The van der Waals surface area contributed by atoms with Crippen molar-refractivity contribution >= 4 is 0 Å². The Morgan fingerprint density at radius 3 is 1.00 bits per heavy atom. The molecule has 39 heavy (non-hydrogen) atoms. The molecule has 4 heterocycles. The van der Waals surface area contributed by atoms with Crippen LogP contribution >= 0.6 is 0 Å². The van der Waals surface area contributed by atoms with E-state index < -0.39 is 0 Å². The third-order valence-electron chi connectivity index (χ3n) is 5.41. The van der Waals surface area contributed by atoms with E-state index in [0.717, 1.165) is 33.9 Å². The van der Waals surface area contributed by atoms with Gasteiger partial charge in [-0.1, -0.05) is 50.2 Å². The molecule has 0 N–H and O–H groups in total. The molecule has 6 rings (SSSR count). The fraction of sp³-hybridized carbons (Fsp3) is 0.0588. The monoisotopic (exact) mass is 685 g/mol. The molecular weight excluding hydrogens is 657 g/mol. The van der Waals surface area contributed by atoms with Crippen LogP contribution in [0.3, 0.4) is 0 Å². The summed E-state index contributed by atoms with van der Waals surface area (Å²) < 4.78 is 0. The third-order valence-corrected chi connectivity index (χ3v) is 5.41. The standard InChI is InChI=1S/2C12H10N.C10H8N2.Ir/c2*1-10-5-7-11(8-6-10)12-4-2-3-9-13-12;1-3-7-11-9(5-1)10-6-2-4-8-12-10;/h2*2-7,9H,1H3;1-8H;/q2*-1;;. The first kappa shape index (κ1) is 29.2. The molecule has 0 amide bonds. The van der Waals surface area contributed by atoms with Crippen molar-refractivity contribution in [1.29, 1.82) is 0 Å². The summed E-state index contributed by atoms with van der Waals surface area (Å²) in [5.74, 6) is 0. The maximum Gasteiger partial charge on any atom is 0.0886 e. The van der Waals surface area contributed by atoms with Gasteiger partial charge in [-0.15, -0.1) is 70.8 Å². The summed E-state index contributed by atoms with van der Waals surface area (Å²) in [7, 11) is 0. The van der Waals surface area contributed by atoms with Crippen molar-refractivity contribution in [3.63, 3.8) is 0 Å². The second-order valence-electron chi connectivity index (χ2n) is 8.42. The summed E-state index contributed by atoms with van der Waals surface area (Å²) in [6.45, 7) is 4.11. The van der Waals surface area contributed by atoms with E-state index in [9.17, 15) is 0 Å². The molecule has 6 aromatic rings. The topological polar surface area (TPSA) is 51.6 Å². The van der Waals surface area contributed by atoms with Crippen molar-refractivity contribution in [2.24, 2.45) is 0 Å². The molecule has 0 fully saturated rings. The van der Waals surface area contributed by atoms with Crippen molar-refractivity contribution in [3.8, 4) is 33.9 Å². The maximum absolute atomic E-state index is 4.25. The first-order valence-corrected chi connectivity index (χ1v) is 12.3. The van der Waals surface area contributed by atoms with E-state index in [1.165, 1.54) is 11.1 Å². The van der Waals surface area contributed by atoms with Crippen LogP contribution in [0.1, 0.15) is 11.1 Å². The second-order valence-corrected chi connectivity index (χ2v) is 8.42. The molecule has 0 atom stereocenters. The van der Waals surface area contributed by atoms with Gasteiger partial charge in [-0.25, -0.2) is 0 Å². The van der Waals surface area contributed by atoms with Gasteiger partial charge in [0.25, 0.3) is 0 Å². The normalized spacial score (nSPS) is 9.59. The summed E-state index contributed by atoms with van der Waals surface area (Å²) in [5.41, 5.74) is 8.32. The average Bonchev–Trinajstić information content (AvgIpc) is 3.00. The van der Waals surface area contributed by atoms with Gasteiger partial charge in [-0.05, 0) is 47.8 Å². The number of aromatic nitrogens is 4. The SMILES string of the molecule is Cc1c[c-]c(-c2ccccn2)cc1.Cc1c[c-]c(-c2ccccn2)cc1.[Ir].c1ccc(-c2ccccn2)nc1. The van der Waals surface area contributed by atoms with Crippen molar-refractivity contribution in [1.82, 2.24) is 19.9 Å². The maximum atomic E-state index is 4.25. The quantitative estimate of drug-likeness (QED) is 0.178. The number of benzene rings is 2. The minimum Gasteiger partial charge on any atom is -0.305 e. The summed E-state index contributed by atoms with van der Waals surface area (Å²) in [6, 6.07) is 41.9. The van der Waals surface area contributed by atoms with Crippen LogP contribution in [0.2, 0.25) is 0 Å². The van der Waals surface area contributed by atoms with Crippen molar-refractivity contribution < 1.29 is 20.1 Å². The Hall–Kier alpha value is -4.31. The molecule has 5 heteroatoms. The summed E-state index contributed by atoms with van der Waals surface area (Å²) in [6.07, 6.45) is 7.13. The van der Waals surface area contributed by atoms with Gasteiger partial charge < -0.3 is 9.97 Å². The largest absolute Gasteiger partial charge is 0.305 e. The average molecular weight is 685 g/mol. The van der Waals surface area contributed by atoms with Crippen LogP contribution < -0.4 is 0 Å². The van der Waals surface area contributed by atoms with Crippen LogP contribution in [0.25, 0.3) is 33.9 Å². The number of nitrogens with zero attached hydrogens (tertiary/aromatic N) is 4. The third kappa shape index (κ3) is 9.50. The minimum atomic E-state index is 0. The van der Waals surface area contributed by atoms with Gasteiger partial charge in [0.15, 0.2) is 0 Å². The van der Waals surface area contributed by atoms with E-state index in [1.54, 1.807) is 24.8 Å². The number of hydrogen-bond acceptors (Lipinski definition) is 4. The van der Waals surface area contributed by atoms with Crippen LogP contribution in [0.5, 0.6) is 0 Å². The molecule has 4 nitrogen and oxygen atoms in total. The van der Waals surface area contributed by atoms with E-state index in [2.05, 4.69) is 58.0 Å². The number of aryl methyl sites for hydroxylation is 2. The van der Waals surface area contributed by atoms with Gasteiger partial charge in [0.05, 0.1) is 11.4 Å². The van der Waals surface area contributed by atoms with Gasteiger partial charge in [-0.2, -0.15) is 0 Å². The molecule has 0 bridgehead atoms. The van der Waals surface area contributed by atoms with E-state index >= 15 is 0 Å². The van der Waals surface area contributed by atoms with Crippen LogP contribution in [-0.4, -0.2) is 19.9 Å². The molecule has 0 aliphatic heterocycles. The number of hydrogen-bond donors (Lipinski definition) is 0. The van der Waals surface area contributed by atoms with Crippen molar-refractivity contribution in [3.05, 3.63) is 157 Å². The second kappa shape index (κ2) is 15.8. The number of rotatable bonds is 3. The van der Waals surface area contributed by atoms with E-state index in [0.29, 0.717) is 0 Å². The van der Waals surface area contributed by atoms with Gasteiger partial charge >= 0.3 is 0 Å². The Labute approximate surface area is 244 Å². The zero-order valence-electron chi connectivity index (χ0n) is 21.8. The molecule has 0 spiro atoms. The predicted octanol–water partition coefficient (Wildman–Crippen LogP) is 7.86. The van der Waals surface area contributed by atoms with Crippen LogP contribution in [0, 0.1) is 26.0 Å². The van der Waals surface area contributed by atoms with Crippen molar-refractivity contribution in [2.45, 2.75) is 13.8 Å². The Morgan fingerprint density at radius 2 is 0.744 bits per heavy atom. The first-order valence-electron chi connectivity index (χ1n) is 12.3. The fourth-order valence-electron chi connectivity index (χ4n) is 3.40. The summed E-state index contributed by atoms with van der Waals surface area (Å²) >= 11 is 0. The molecule has 4 aromatic heterocycles. The van der Waals surface area contributed by atoms with Gasteiger partial charge in [-0.3, -0.25) is 9.97 Å². The van der Waals surface area contributed by atoms with E-state index in [-0.39, 0.29) is 20.1 Å². The molecule has 0 aliphatic carbocycles. The van der Waals surface area contributed by atoms with Crippen molar-refractivity contribution in [2.75, 3.05) is 0 Å². The Kier molecular flexibility index (Phi) is 11.9. The first-order chi connectivity index (χ1) is 18.7. The Bertz CT molecular complexity index is 1360. The molecular formula is C34H28IrN4-2. The molecule has 0 saturated heterocycles. The minimum absolute atomic E-state index is 0. The van der Waals surface area contributed by atoms with Crippen LogP contribution in [0.15, 0.2) is 134 Å². The molecule has 0 saturated carbocycles. The smallest absolute Gasteiger partial charge is 0.0886 e. The fourth-order valence-corrected chi connectivity index (χ4v) is 3.40. The Morgan fingerprint density at radius 1 is 0.410 bits per heavy atom. The van der Waals surface area contributed by atoms with Gasteiger partial charge in [0, 0.05) is 44.9 Å².